The van der Waals surface area contributed by atoms with E-state index in [1.165, 1.54) is 20.8 Å². The first-order chi connectivity index (χ1) is 15.3. The molecule has 0 bridgehead atoms. The molecule has 0 aliphatic rings. The Morgan fingerprint density at radius 1 is 1.18 bits per heavy atom. The number of halogens is 9. The molecular weight excluding hydrogens is 503 g/mol. The maximum absolute atomic E-state index is 13.6. The van der Waals surface area contributed by atoms with Crippen LogP contribution in [0.3, 0.4) is 0 Å². The minimum absolute atomic E-state index is 0.0197. The highest BCUT2D eigenvalue weighted by molar-refractivity contribution is 7.92. The fourth-order valence-corrected chi connectivity index (χ4v) is 3.81. The van der Waals surface area contributed by atoms with Crippen LogP contribution in [-0.4, -0.2) is 40.7 Å². The van der Waals surface area contributed by atoms with Gasteiger partial charge in [0.1, 0.15) is 0 Å². The standard InChI is InChI=1S/C20H21F9N2O2S/c1-5-31-16(33-10-18(22,23)17(21)20(27,28)29)12(4)11(3)14-8-7-13(19(24,25)26)9-15(14)34(30,32)6-2/h5,7-9,17,30H,1,6,10H2,2-4H3/b12-11+,31-16+. The molecule has 0 radical (unpaired) electrons. The van der Waals surface area contributed by atoms with Gasteiger partial charge < -0.3 is 4.74 Å². The molecule has 0 aromatic heterocycles. The van der Waals surface area contributed by atoms with Gasteiger partial charge in [-0.2, -0.15) is 35.1 Å². The lowest BCUT2D eigenvalue weighted by atomic mass is 10.0. The summed E-state index contributed by atoms with van der Waals surface area (Å²) >= 11 is 0. The molecular formula is C20H21F9N2O2S. The summed E-state index contributed by atoms with van der Waals surface area (Å²) < 4.78 is 142. The van der Waals surface area contributed by atoms with E-state index in [1.807, 2.05) is 0 Å². The van der Waals surface area contributed by atoms with Crippen molar-refractivity contribution >= 4 is 21.2 Å². The molecule has 14 heteroatoms. The van der Waals surface area contributed by atoms with Gasteiger partial charge in [-0.25, -0.2) is 18.4 Å². The second kappa shape index (κ2) is 10.4. The van der Waals surface area contributed by atoms with E-state index in [2.05, 4.69) is 16.3 Å². The lowest BCUT2D eigenvalue weighted by Gasteiger charge is -2.23. The molecule has 1 rings (SSSR count). The van der Waals surface area contributed by atoms with E-state index in [-0.39, 0.29) is 22.5 Å². The maximum Gasteiger partial charge on any atom is 0.425 e. The number of hydrogen-bond donors (Lipinski definition) is 1. The normalized spacial score (nSPS) is 17.0. The van der Waals surface area contributed by atoms with Crippen LogP contribution < -0.4 is 0 Å². The number of benzene rings is 1. The molecule has 0 fully saturated rings. The largest absolute Gasteiger partial charge is 0.471 e. The second-order valence-corrected chi connectivity index (χ2v) is 9.36. The zero-order valence-corrected chi connectivity index (χ0v) is 18.9. The molecule has 1 aromatic rings. The lowest BCUT2D eigenvalue weighted by molar-refractivity contribution is -0.250. The molecule has 0 spiro atoms. The van der Waals surface area contributed by atoms with Crippen molar-refractivity contribution in [3.63, 3.8) is 0 Å². The molecule has 1 N–H and O–H groups in total. The van der Waals surface area contributed by atoms with Crippen molar-refractivity contribution in [2.24, 2.45) is 4.99 Å². The summed E-state index contributed by atoms with van der Waals surface area (Å²) in [6.45, 7) is 4.91. The molecule has 0 amide bonds. The van der Waals surface area contributed by atoms with E-state index >= 15 is 0 Å². The van der Waals surface area contributed by atoms with E-state index in [0.29, 0.717) is 12.1 Å². The minimum Gasteiger partial charge on any atom is -0.471 e. The van der Waals surface area contributed by atoms with Gasteiger partial charge >= 0.3 is 18.3 Å². The number of nitrogens with one attached hydrogen (secondary N) is 1. The molecule has 34 heavy (non-hydrogen) atoms. The molecule has 0 saturated heterocycles. The highest BCUT2D eigenvalue weighted by atomic mass is 32.2. The van der Waals surface area contributed by atoms with Crippen molar-refractivity contribution in [2.75, 3.05) is 12.4 Å². The van der Waals surface area contributed by atoms with E-state index < -0.39 is 57.1 Å². The first-order valence-corrected chi connectivity index (χ1v) is 11.1. The molecule has 2 atom stereocenters. The number of hydrogen-bond acceptors (Lipinski definition) is 4. The van der Waals surface area contributed by atoms with Crippen molar-refractivity contribution in [3.8, 4) is 0 Å². The number of aliphatic imine (C=N–C) groups is 1. The number of ether oxygens (including phenoxy) is 1. The predicted octanol–water partition coefficient (Wildman–Crippen LogP) is 7.02. The van der Waals surface area contributed by atoms with Crippen LogP contribution in [0.1, 0.15) is 31.9 Å². The lowest BCUT2D eigenvalue weighted by Crippen LogP contribution is -2.45. The van der Waals surface area contributed by atoms with E-state index in [9.17, 15) is 43.7 Å². The van der Waals surface area contributed by atoms with Gasteiger partial charge in [0.25, 0.3) is 6.17 Å². The molecule has 0 heterocycles. The van der Waals surface area contributed by atoms with Crippen molar-refractivity contribution in [3.05, 3.63) is 47.7 Å². The molecule has 192 valence electrons. The smallest absolute Gasteiger partial charge is 0.425 e. The summed E-state index contributed by atoms with van der Waals surface area (Å²) in [6, 6.07) is 2.10. The van der Waals surface area contributed by atoms with Crippen LogP contribution in [0.2, 0.25) is 0 Å². The molecule has 1 aromatic carbocycles. The van der Waals surface area contributed by atoms with Gasteiger partial charge in [0.05, 0.1) is 20.2 Å². The summed E-state index contributed by atoms with van der Waals surface area (Å²) in [7, 11) is -3.72. The predicted molar refractivity (Wildman–Crippen MR) is 109 cm³/mol. The first kappa shape index (κ1) is 29.5. The van der Waals surface area contributed by atoms with Crippen LogP contribution >= 0.6 is 0 Å². The number of alkyl halides is 9. The third-order valence-electron chi connectivity index (χ3n) is 4.63. The van der Waals surface area contributed by atoms with E-state index in [4.69, 9.17) is 4.78 Å². The zero-order chi connectivity index (χ0) is 26.7. The Morgan fingerprint density at radius 2 is 1.74 bits per heavy atom. The summed E-state index contributed by atoms with van der Waals surface area (Å²) in [6.07, 6.45) is -14.4. The number of allylic oxidation sites excluding steroid dienone is 1. The maximum atomic E-state index is 13.6. The highest BCUT2D eigenvalue weighted by Crippen LogP contribution is 2.37. The Bertz CT molecular complexity index is 1070. The molecule has 0 aliphatic carbocycles. The van der Waals surface area contributed by atoms with Gasteiger partial charge in [-0.15, -0.1) is 0 Å². The van der Waals surface area contributed by atoms with Crippen molar-refractivity contribution in [1.82, 2.24) is 0 Å². The molecule has 2 unspecified atom stereocenters. The Kier molecular flexibility index (Phi) is 9.03. The highest BCUT2D eigenvalue weighted by Gasteiger charge is 2.57. The SMILES string of the molecule is C=C/N=C(OCC(F)(F)C(F)C(F)(F)F)\C(C)=C(/C)c1ccc(C(F)(F)F)cc1S(=N)(=O)CC. The van der Waals surface area contributed by atoms with Crippen LogP contribution in [0.25, 0.3) is 5.57 Å². The van der Waals surface area contributed by atoms with Gasteiger partial charge in [-0.05, 0) is 37.1 Å². The van der Waals surface area contributed by atoms with Crippen molar-refractivity contribution in [1.29, 1.82) is 4.78 Å². The van der Waals surface area contributed by atoms with Crippen LogP contribution in [0.15, 0.2) is 46.4 Å². The third-order valence-corrected chi connectivity index (χ3v) is 6.49. The minimum atomic E-state index is -5.85. The van der Waals surface area contributed by atoms with Crippen LogP contribution in [0.4, 0.5) is 39.5 Å². The number of nitrogens with zero attached hydrogens (tertiary/aromatic N) is 1. The van der Waals surface area contributed by atoms with Gasteiger partial charge in [-0.3, -0.25) is 0 Å². The van der Waals surface area contributed by atoms with Gasteiger partial charge in [-0.1, -0.05) is 19.6 Å². The summed E-state index contributed by atoms with van der Waals surface area (Å²) in [4.78, 5) is 3.03. The second-order valence-electron chi connectivity index (χ2n) is 6.99. The Hall–Kier alpha value is -2.51. The number of rotatable bonds is 8. The monoisotopic (exact) mass is 524 g/mol. The fourth-order valence-electron chi connectivity index (χ4n) is 2.60. The van der Waals surface area contributed by atoms with E-state index in [0.717, 1.165) is 12.3 Å². The first-order valence-electron chi connectivity index (χ1n) is 9.35. The molecule has 0 saturated carbocycles. The van der Waals surface area contributed by atoms with Gasteiger partial charge in [0, 0.05) is 17.5 Å². The Morgan fingerprint density at radius 3 is 2.18 bits per heavy atom. The average Bonchev–Trinajstić information content (AvgIpc) is 2.73. The quantitative estimate of drug-likeness (QED) is 0.226. The fraction of sp³-hybridized carbons (Fsp3) is 0.450. The average molecular weight is 524 g/mol. The molecule has 4 nitrogen and oxygen atoms in total. The van der Waals surface area contributed by atoms with Crippen molar-refractivity contribution < 1.29 is 48.5 Å². The Balaban J connectivity index is 3.55. The summed E-state index contributed by atoms with van der Waals surface area (Å²) in [5, 5.41) is 0. The van der Waals surface area contributed by atoms with Crippen LogP contribution in [0, 0.1) is 4.78 Å². The molecule has 0 aliphatic heterocycles. The van der Waals surface area contributed by atoms with Gasteiger partial charge in [0.15, 0.2) is 6.61 Å². The summed E-state index contributed by atoms with van der Waals surface area (Å²) in [5.41, 5.74) is -1.49. The third kappa shape index (κ3) is 7.00. The van der Waals surface area contributed by atoms with Crippen molar-refractivity contribution in [2.45, 2.75) is 50.1 Å². The van der Waals surface area contributed by atoms with Gasteiger partial charge in [0.2, 0.25) is 5.90 Å². The Labute approximate surface area is 190 Å². The summed E-state index contributed by atoms with van der Waals surface area (Å²) in [5.74, 6) is -6.05. The topological polar surface area (TPSA) is 62.5 Å². The van der Waals surface area contributed by atoms with Crippen LogP contribution in [0.5, 0.6) is 0 Å². The van der Waals surface area contributed by atoms with Crippen LogP contribution in [-0.2, 0) is 20.6 Å². The van der Waals surface area contributed by atoms with E-state index in [1.54, 1.807) is 0 Å². The zero-order valence-electron chi connectivity index (χ0n) is 18.1.